The fraction of sp³-hybridized carbons (Fsp3) is 0.176. The molecule has 2 rings (SSSR count). The summed E-state index contributed by atoms with van der Waals surface area (Å²) in [5.41, 5.74) is 0.532. The first-order valence-corrected chi connectivity index (χ1v) is 7.07. The van der Waals surface area contributed by atoms with E-state index in [0.29, 0.717) is 22.9 Å². The number of carboxylic acid groups (broad SMARTS) is 1. The number of carbonyl (C=O) groups is 2. The molecule has 0 heterocycles. The predicted octanol–water partition coefficient (Wildman–Crippen LogP) is 0.841. The van der Waals surface area contributed by atoms with Crippen LogP contribution in [0.25, 0.3) is 0 Å². The van der Waals surface area contributed by atoms with Crippen LogP contribution in [-0.2, 0) is 9.59 Å². The highest BCUT2D eigenvalue weighted by Gasteiger charge is 2.07. The van der Waals surface area contributed by atoms with E-state index >= 15 is 0 Å². The van der Waals surface area contributed by atoms with Crippen LogP contribution in [0.4, 0.5) is 5.69 Å². The molecule has 7 heteroatoms. The molecule has 0 radical (unpaired) electrons. The van der Waals surface area contributed by atoms with Crippen LogP contribution < -0.4 is 24.6 Å². The van der Waals surface area contributed by atoms with E-state index in [2.05, 4.69) is 5.32 Å². The number of carbonyl (C=O) groups excluding carboxylic acids is 2. The van der Waals surface area contributed by atoms with Crippen molar-refractivity contribution in [1.82, 2.24) is 0 Å². The van der Waals surface area contributed by atoms with E-state index in [0.717, 1.165) is 0 Å². The maximum atomic E-state index is 11.9. The van der Waals surface area contributed by atoms with Crippen LogP contribution in [0.15, 0.2) is 48.5 Å². The summed E-state index contributed by atoms with van der Waals surface area (Å²) in [5.74, 6) is -0.270. The summed E-state index contributed by atoms with van der Waals surface area (Å²) < 4.78 is 15.5. The predicted molar refractivity (Wildman–Crippen MR) is 84.1 cm³/mol. The minimum atomic E-state index is -1.30. The Morgan fingerprint density at radius 3 is 2.25 bits per heavy atom. The third kappa shape index (κ3) is 5.20. The van der Waals surface area contributed by atoms with Gasteiger partial charge in [0.1, 0.15) is 12.4 Å². The monoisotopic (exact) mass is 330 g/mol. The molecule has 7 nitrogen and oxygen atoms in total. The maximum absolute atomic E-state index is 11.9. The normalized spacial score (nSPS) is 9.88. The van der Waals surface area contributed by atoms with Gasteiger partial charge in [0.25, 0.3) is 5.91 Å². The summed E-state index contributed by atoms with van der Waals surface area (Å²) >= 11 is 0. The second kappa shape index (κ2) is 8.42. The van der Waals surface area contributed by atoms with Crippen LogP contribution in [0.3, 0.4) is 0 Å². The Morgan fingerprint density at radius 2 is 1.62 bits per heavy atom. The molecule has 0 spiro atoms. The molecule has 0 atom stereocenters. The van der Waals surface area contributed by atoms with Crippen LogP contribution in [0.5, 0.6) is 17.2 Å². The van der Waals surface area contributed by atoms with Crippen molar-refractivity contribution in [3.8, 4) is 17.2 Å². The molecule has 2 aromatic rings. The highest BCUT2D eigenvalue weighted by Crippen LogP contribution is 2.25. The van der Waals surface area contributed by atoms with Crippen molar-refractivity contribution in [3.63, 3.8) is 0 Å². The van der Waals surface area contributed by atoms with E-state index in [9.17, 15) is 14.7 Å². The van der Waals surface area contributed by atoms with E-state index in [4.69, 9.17) is 14.2 Å². The van der Waals surface area contributed by atoms with Crippen molar-refractivity contribution < 1.29 is 28.9 Å². The van der Waals surface area contributed by atoms with Gasteiger partial charge in [-0.05, 0) is 36.4 Å². The third-order valence-corrected chi connectivity index (χ3v) is 2.92. The van der Waals surface area contributed by atoms with E-state index in [1.165, 1.54) is 7.11 Å². The molecular formula is C17H16NO6-. The molecule has 0 fully saturated rings. The average molecular weight is 330 g/mol. The van der Waals surface area contributed by atoms with Crippen molar-refractivity contribution >= 4 is 17.6 Å². The molecule has 126 valence electrons. The standard InChI is InChI=1S/C17H17NO6/c1-22-14-4-2-3-5-15(14)24-10-16(19)18-12-6-8-13(9-7-12)23-11-17(20)21/h2-9H,10-11H2,1H3,(H,18,19)(H,20,21)/p-1. The van der Waals surface area contributed by atoms with Gasteiger partial charge < -0.3 is 29.4 Å². The number of aliphatic carboxylic acids is 1. The molecule has 2 aromatic carbocycles. The Labute approximate surface area is 138 Å². The lowest BCUT2D eigenvalue weighted by molar-refractivity contribution is -0.307. The van der Waals surface area contributed by atoms with Gasteiger partial charge >= 0.3 is 0 Å². The highest BCUT2D eigenvalue weighted by molar-refractivity contribution is 5.91. The molecule has 0 aliphatic rings. The highest BCUT2D eigenvalue weighted by atomic mass is 16.5. The number of para-hydroxylation sites is 2. The third-order valence-electron chi connectivity index (χ3n) is 2.92. The maximum Gasteiger partial charge on any atom is 0.262 e. The Morgan fingerprint density at radius 1 is 0.958 bits per heavy atom. The Balaban J connectivity index is 1.84. The molecule has 0 aliphatic heterocycles. The lowest BCUT2D eigenvalue weighted by atomic mass is 10.3. The van der Waals surface area contributed by atoms with Crippen molar-refractivity contribution in [2.24, 2.45) is 0 Å². The van der Waals surface area contributed by atoms with E-state index in [-0.39, 0.29) is 12.5 Å². The molecule has 1 N–H and O–H groups in total. The summed E-state index contributed by atoms with van der Waals surface area (Å²) in [7, 11) is 1.52. The fourth-order valence-corrected chi connectivity index (χ4v) is 1.86. The van der Waals surface area contributed by atoms with Crippen LogP contribution in [0.1, 0.15) is 0 Å². The van der Waals surface area contributed by atoms with Crippen LogP contribution in [0, 0.1) is 0 Å². The molecule has 1 amide bonds. The SMILES string of the molecule is COc1ccccc1OCC(=O)Nc1ccc(OCC(=O)[O-])cc1. The first-order chi connectivity index (χ1) is 11.6. The topological polar surface area (TPSA) is 96.9 Å². The van der Waals surface area contributed by atoms with Gasteiger partial charge in [-0.25, -0.2) is 0 Å². The number of rotatable bonds is 8. The van der Waals surface area contributed by atoms with E-state index < -0.39 is 12.6 Å². The number of anilines is 1. The second-order valence-corrected chi connectivity index (χ2v) is 4.67. The molecule has 0 saturated heterocycles. The quantitative estimate of drug-likeness (QED) is 0.770. The van der Waals surface area contributed by atoms with Gasteiger partial charge in [0.2, 0.25) is 0 Å². The zero-order chi connectivity index (χ0) is 17.4. The minimum absolute atomic E-state index is 0.177. The lowest BCUT2D eigenvalue weighted by Crippen LogP contribution is -2.28. The first-order valence-electron chi connectivity index (χ1n) is 7.07. The van der Waals surface area contributed by atoms with E-state index in [1.807, 2.05) is 0 Å². The van der Waals surface area contributed by atoms with Crippen molar-refractivity contribution in [2.45, 2.75) is 0 Å². The van der Waals surface area contributed by atoms with Gasteiger partial charge in [0.15, 0.2) is 18.1 Å². The summed E-state index contributed by atoms with van der Waals surface area (Å²) in [5, 5.41) is 13.0. The Hall–Kier alpha value is -3.22. The summed E-state index contributed by atoms with van der Waals surface area (Å²) in [6.45, 7) is -0.707. The number of ether oxygens (including phenoxy) is 3. The second-order valence-electron chi connectivity index (χ2n) is 4.67. The molecule has 24 heavy (non-hydrogen) atoms. The lowest BCUT2D eigenvalue weighted by Gasteiger charge is -2.11. The van der Waals surface area contributed by atoms with Gasteiger partial charge in [-0.15, -0.1) is 0 Å². The largest absolute Gasteiger partial charge is 0.546 e. The molecule has 0 saturated carbocycles. The molecule has 0 unspecified atom stereocenters. The fourth-order valence-electron chi connectivity index (χ4n) is 1.86. The van der Waals surface area contributed by atoms with E-state index in [1.54, 1.807) is 48.5 Å². The number of hydrogen-bond acceptors (Lipinski definition) is 6. The summed E-state index contributed by atoms with van der Waals surface area (Å²) in [6, 6.07) is 13.3. The number of methoxy groups -OCH3 is 1. The van der Waals surface area contributed by atoms with Gasteiger partial charge in [-0.3, -0.25) is 4.79 Å². The summed E-state index contributed by atoms with van der Waals surface area (Å²) in [4.78, 5) is 22.2. The van der Waals surface area contributed by atoms with Gasteiger partial charge in [0, 0.05) is 5.69 Å². The van der Waals surface area contributed by atoms with Crippen molar-refractivity contribution in [3.05, 3.63) is 48.5 Å². The Bertz CT molecular complexity index is 698. The van der Waals surface area contributed by atoms with Crippen molar-refractivity contribution in [1.29, 1.82) is 0 Å². The number of carboxylic acids is 1. The summed E-state index contributed by atoms with van der Waals surface area (Å²) in [6.07, 6.45) is 0. The van der Waals surface area contributed by atoms with Crippen LogP contribution in [0.2, 0.25) is 0 Å². The Kier molecular flexibility index (Phi) is 6.01. The molecular weight excluding hydrogens is 314 g/mol. The number of amides is 1. The van der Waals surface area contributed by atoms with Gasteiger partial charge in [0.05, 0.1) is 13.1 Å². The number of nitrogens with one attached hydrogen (secondary N) is 1. The molecule has 0 aliphatic carbocycles. The van der Waals surface area contributed by atoms with Gasteiger partial charge in [-0.2, -0.15) is 0 Å². The zero-order valence-corrected chi connectivity index (χ0v) is 13.0. The zero-order valence-electron chi connectivity index (χ0n) is 13.0. The molecule has 0 bridgehead atoms. The minimum Gasteiger partial charge on any atom is -0.546 e. The first kappa shape index (κ1) is 17.1. The average Bonchev–Trinajstić information content (AvgIpc) is 2.59. The van der Waals surface area contributed by atoms with Crippen LogP contribution >= 0.6 is 0 Å². The van der Waals surface area contributed by atoms with Crippen molar-refractivity contribution in [2.75, 3.05) is 25.6 Å². The number of benzene rings is 2. The number of hydrogen-bond donors (Lipinski definition) is 1. The van der Waals surface area contributed by atoms with Gasteiger partial charge in [-0.1, -0.05) is 12.1 Å². The van der Waals surface area contributed by atoms with Crippen LogP contribution in [-0.4, -0.2) is 32.2 Å². The smallest absolute Gasteiger partial charge is 0.262 e. The molecule has 0 aromatic heterocycles.